The zero-order chi connectivity index (χ0) is 22.0. The van der Waals surface area contributed by atoms with Crippen LogP contribution in [0.5, 0.6) is 0 Å². The summed E-state index contributed by atoms with van der Waals surface area (Å²) in [5.41, 5.74) is 3.59. The molecule has 0 spiro atoms. The van der Waals surface area contributed by atoms with Crippen molar-refractivity contribution in [1.29, 1.82) is 0 Å². The first kappa shape index (κ1) is 19.4. The molecule has 0 radical (unpaired) electrons. The van der Waals surface area contributed by atoms with Crippen molar-refractivity contribution in [2.45, 2.75) is 32.2 Å². The lowest BCUT2D eigenvalue weighted by Crippen LogP contribution is -2.57. The molecule has 0 aromatic carbocycles. The molecule has 4 aromatic rings. The van der Waals surface area contributed by atoms with Crippen LogP contribution in [-0.2, 0) is 0 Å². The van der Waals surface area contributed by atoms with E-state index in [-0.39, 0.29) is 16.7 Å². The first-order valence-corrected chi connectivity index (χ1v) is 11.1. The molecule has 7 nitrogen and oxygen atoms in total. The van der Waals surface area contributed by atoms with Gasteiger partial charge in [0, 0.05) is 55.4 Å². The third kappa shape index (κ3) is 3.01. The van der Waals surface area contributed by atoms with E-state index in [4.69, 9.17) is 0 Å². The smallest absolute Gasteiger partial charge is 0.258 e. The molecule has 0 amide bonds. The number of imidazole rings is 1. The molecule has 164 valence electrons. The lowest BCUT2D eigenvalue weighted by Gasteiger charge is -2.46. The van der Waals surface area contributed by atoms with Crippen molar-refractivity contribution in [3.63, 3.8) is 0 Å². The van der Waals surface area contributed by atoms with Crippen LogP contribution in [0.2, 0.25) is 0 Å². The molecule has 4 aromatic heterocycles. The van der Waals surface area contributed by atoms with Crippen LogP contribution in [0.3, 0.4) is 0 Å². The van der Waals surface area contributed by atoms with Gasteiger partial charge in [-0.05, 0) is 51.4 Å². The molecule has 8 heteroatoms. The van der Waals surface area contributed by atoms with Crippen LogP contribution in [0.25, 0.3) is 22.6 Å². The van der Waals surface area contributed by atoms with Gasteiger partial charge >= 0.3 is 0 Å². The molecule has 6 heterocycles. The number of nitrogens with zero attached hydrogens (tertiary/aromatic N) is 6. The van der Waals surface area contributed by atoms with Crippen LogP contribution in [0, 0.1) is 12.7 Å². The maximum absolute atomic E-state index is 14.5. The molecule has 1 atom stereocenters. The third-order valence-corrected chi connectivity index (χ3v) is 7.01. The van der Waals surface area contributed by atoms with Crippen molar-refractivity contribution >= 4 is 17.0 Å². The number of piperazine rings is 1. The van der Waals surface area contributed by atoms with Gasteiger partial charge in [0.05, 0.1) is 17.1 Å². The second-order valence-electron chi connectivity index (χ2n) is 9.29. The number of rotatable bonds is 2. The van der Waals surface area contributed by atoms with Gasteiger partial charge in [-0.2, -0.15) is 0 Å². The largest absolute Gasteiger partial charge is 0.367 e. The van der Waals surface area contributed by atoms with Crippen LogP contribution < -0.4 is 10.5 Å². The highest BCUT2D eigenvalue weighted by atomic mass is 19.1. The number of fused-ring (bicyclic) bond motifs is 3. The van der Waals surface area contributed by atoms with Gasteiger partial charge in [-0.3, -0.25) is 14.1 Å². The van der Waals surface area contributed by atoms with Gasteiger partial charge in [-0.1, -0.05) is 0 Å². The monoisotopic (exact) mass is 432 g/mol. The van der Waals surface area contributed by atoms with Crippen molar-refractivity contribution < 1.29 is 4.39 Å². The van der Waals surface area contributed by atoms with Gasteiger partial charge < -0.3 is 9.30 Å². The van der Waals surface area contributed by atoms with Crippen molar-refractivity contribution in [2.75, 3.05) is 31.1 Å². The zero-order valence-electron chi connectivity index (χ0n) is 18.3. The van der Waals surface area contributed by atoms with Gasteiger partial charge in [0.2, 0.25) is 0 Å². The van der Waals surface area contributed by atoms with Crippen LogP contribution in [0.15, 0.2) is 47.7 Å². The second kappa shape index (κ2) is 6.87. The predicted molar refractivity (Wildman–Crippen MR) is 122 cm³/mol. The topological polar surface area (TPSA) is 58.2 Å². The molecule has 2 fully saturated rings. The van der Waals surface area contributed by atoms with Gasteiger partial charge in [0.1, 0.15) is 5.65 Å². The molecule has 0 bridgehead atoms. The number of hydrogen-bond donors (Lipinski definition) is 0. The molecule has 2 saturated heterocycles. The zero-order valence-corrected chi connectivity index (χ0v) is 18.3. The maximum Gasteiger partial charge on any atom is 0.258 e. The van der Waals surface area contributed by atoms with E-state index in [2.05, 4.69) is 26.7 Å². The Balaban J connectivity index is 1.38. The minimum atomic E-state index is -0.438. The maximum atomic E-state index is 14.5. The number of anilines is 1. The first-order valence-electron chi connectivity index (χ1n) is 11.1. The Hall–Kier alpha value is -3.26. The van der Waals surface area contributed by atoms with E-state index in [1.165, 1.54) is 31.5 Å². The molecule has 0 N–H and O–H groups in total. The number of aromatic nitrogens is 4. The summed E-state index contributed by atoms with van der Waals surface area (Å²) >= 11 is 0. The number of halogens is 1. The Labute approximate surface area is 184 Å². The van der Waals surface area contributed by atoms with E-state index in [0.29, 0.717) is 16.9 Å². The molecule has 32 heavy (non-hydrogen) atoms. The summed E-state index contributed by atoms with van der Waals surface area (Å²) in [6.07, 6.45) is 7.85. The average Bonchev–Trinajstić information content (AvgIpc) is 3.34. The number of pyridine rings is 2. The van der Waals surface area contributed by atoms with Gasteiger partial charge in [-0.25, -0.2) is 14.4 Å². The van der Waals surface area contributed by atoms with Crippen molar-refractivity contribution in [2.24, 2.45) is 0 Å². The Morgan fingerprint density at radius 3 is 2.81 bits per heavy atom. The SMILES string of the molecule is Cc1cn2cc(-c3cc(=O)n4cc(N5CCN6CCC[C@@]6(C)C5)ccc4n3)cc(F)c2n1. The predicted octanol–water partition coefficient (Wildman–Crippen LogP) is 3.13. The Kier molecular flexibility index (Phi) is 4.17. The summed E-state index contributed by atoms with van der Waals surface area (Å²) < 4.78 is 17.8. The highest BCUT2D eigenvalue weighted by Crippen LogP contribution is 2.34. The standard InChI is InChI=1S/C24H25FN6O/c1-16-12-29-13-17(10-19(25)23(29)26-16)20-11-22(32)31-14-18(4-5-21(31)27-20)28-8-9-30-7-3-6-24(30,2)15-28/h4-5,10-14H,3,6-9,15H2,1-2H3/t24-/m0/s1. The minimum Gasteiger partial charge on any atom is -0.367 e. The van der Waals surface area contributed by atoms with Gasteiger partial charge in [-0.15, -0.1) is 0 Å². The van der Waals surface area contributed by atoms with E-state index < -0.39 is 5.82 Å². The highest BCUT2D eigenvalue weighted by molar-refractivity contribution is 5.64. The minimum absolute atomic E-state index is 0.181. The molecular weight excluding hydrogens is 407 g/mol. The van der Waals surface area contributed by atoms with Crippen LogP contribution >= 0.6 is 0 Å². The summed E-state index contributed by atoms with van der Waals surface area (Å²) in [7, 11) is 0. The van der Waals surface area contributed by atoms with E-state index in [1.807, 2.05) is 25.3 Å². The Morgan fingerprint density at radius 1 is 1.06 bits per heavy atom. The normalized spacial score (nSPS) is 21.5. The van der Waals surface area contributed by atoms with Gasteiger partial charge in [0.15, 0.2) is 11.5 Å². The molecule has 0 aliphatic carbocycles. The van der Waals surface area contributed by atoms with E-state index in [1.54, 1.807) is 21.2 Å². The Bertz CT molecular complexity index is 1430. The summed E-state index contributed by atoms with van der Waals surface area (Å²) in [6.45, 7) is 8.29. The molecule has 6 rings (SSSR count). The highest BCUT2D eigenvalue weighted by Gasteiger charge is 2.41. The summed E-state index contributed by atoms with van der Waals surface area (Å²) in [5.74, 6) is -0.438. The number of hydrogen-bond acceptors (Lipinski definition) is 5. The van der Waals surface area contributed by atoms with Crippen LogP contribution in [0.1, 0.15) is 25.5 Å². The molecule has 0 unspecified atom stereocenters. The van der Waals surface area contributed by atoms with Crippen LogP contribution in [0.4, 0.5) is 10.1 Å². The van der Waals surface area contributed by atoms with E-state index in [9.17, 15) is 9.18 Å². The fourth-order valence-corrected chi connectivity index (χ4v) is 5.34. The summed E-state index contributed by atoms with van der Waals surface area (Å²) in [5, 5.41) is 0. The molecule has 0 saturated carbocycles. The number of aryl methyl sites for hydroxylation is 1. The Morgan fingerprint density at radius 2 is 1.94 bits per heavy atom. The summed E-state index contributed by atoms with van der Waals surface area (Å²) in [6, 6.07) is 6.76. The van der Waals surface area contributed by atoms with Gasteiger partial charge in [0.25, 0.3) is 5.56 Å². The lowest BCUT2D eigenvalue weighted by molar-refractivity contribution is 0.138. The first-order chi connectivity index (χ1) is 15.4. The van der Waals surface area contributed by atoms with Crippen LogP contribution in [-0.4, -0.2) is 55.4 Å². The second-order valence-corrected chi connectivity index (χ2v) is 9.29. The van der Waals surface area contributed by atoms with E-state index in [0.717, 1.165) is 31.0 Å². The third-order valence-electron chi connectivity index (χ3n) is 7.01. The molecule has 2 aliphatic rings. The fourth-order valence-electron chi connectivity index (χ4n) is 5.34. The fraction of sp³-hybridized carbons (Fsp3) is 0.375. The molecule has 2 aliphatic heterocycles. The van der Waals surface area contributed by atoms with E-state index >= 15 is 0 Å². The van der Waals surface area contributed by atoms with Crippen molar-refractivity contribution in [3.05, 3.63) is 64.7 Å². The van der Waals surface area contributed by atoms with Crippen molar-refractivity contribution in [3.8, 4) is 11.3 Å². The molecular formula is C24H25FN6O. The van der Waals surface area contributed by atoms with Crippen molar-refractivity contribution in [1.82, 2.24) is 23.7 Å². The summed E-state index contributed by atoms with van der Waals surface area (Å²) in [4.78, 5) is 26.8. The average molecular weight is 433 g/mol. The lowest BCUT2D eigenvalue weighted by atomic mass is 9.95. The quantitative estimate of drug-likeness (QED) is 0.487.